The molecule has 2 aliphatic heterocycles. The van der Waals surface area contributed by atoms with Crippen LogP contribution in [0.1, 0.15) is 51.2 Å². The van der Waals surface area contributed by atoms with Gasteiger partial charge in [0.1, 0.15) is 0 Å². The molecule has 6 heteroatoms. The predicted molar refractivity (Wildman–Crippen MR) is 134 cm³/mol. The molecule has 0 bridgehead atoms. The number of benzene rings is 1. The minimum absolute atomic E-state index is 0. The van der Waals surface area contributed by atoms with Gasteiger partial charge < -0.3 is 10.6 Å². The molecule has 0 aromatic heterocycles. The number of likely N-dealkylation sites (tertiary alicyclic amines) is 2. The molecule has 0 radical (unpaired) electrons. The molecule has 2 fully saturated rings. The molecule has 164 valence electrons. The molecule has 3 rings (SSSR count). The number of piperidine rings is 1. The highest BCUT2D eigenvalue weighted by Gasteiger charge is 2.31. The van der Waals surface area contributed by atoms with Crippen LogP contribution in [0.15, 0.2) is 29.3 Å². The Balaban J connectivity index is 0.00000300. The Morgan fingerprint density at radius 2 is 1.79 bits per heavy atom. The van der Waals surface area contributed by atoms with Gasteiger partial charge >= 0.3 is 0 Å². The molecular weight excluding hydrogens is 473 g/mol. The fourth-order valence-electron chi connectivity index (χ4n) is 4.41. The summed E-state index contributed by atoms with van der Waals surface area (Å²) in [6, 6.07) is 9.89. The number of nitrogens with one attached hydrogen (secondary N) is 2. The van der Waals surface area contributed by atoms with Gasteiger partial charge in [-0.2, -0.15) is 0 Å². The average Bonchev–Trinajstić information content (AvgIpc) is 3.07. The summed E-state index contributed by atoms with van der Waals surface area (Å²) >= 11 is 0. The van der Waals surface area contributed by atoms with Crippen LogP contribution >= 0.6 is 24.0 Å². The molecule has 2 saturated heterocycles. The maximum Gasteiger partial charge on any atom is 0.191 e. The summed E-state index contributed by atoms with van der Waals surface area (Å²) in [4.78, 5) is 9.62. The van der Waals surface area contributed by atoms with Crippen molar-refractivity contribution in [2.75, 3.05) is 33.2 Å². The van der Waals surface area contributed by atoms with Crippen molar-refractivity contribution < 1.29 is 0 Å². The molecule has 2 N–H and O–H groups in total. The first-order valence-electron chi connectivity index (χ1n) is 11.1. The van der Waals surface area contributed by atoms with Gasteiger partial charge in [0.25, 0.3) is 0 Å². The van der Waals surface area contributed by atoms with E-state index in [-0.39, 0.29) is 24.0 Å². The topological polar surface area (TPSA) is 42.9 Å². The number of rotatable bonds is 6. The van der Waals surface area contributed by atoms with E-state index < -0.39 is 0 Å². The minimum Gasteiger partial charge on any atom is -0.352 e. The third kappa shape index (κ3) is 7.10. The van der Waals surface area contributed by atoms with Crippen LogP contribution in [0, 0.1) is 5.92 Å². The summed E-state index contributed by atoms with van der Waals surface area (Å²) < 4.78 is 0. The second kappa shape index (κ2) is 12.1. The van der Waals surface area contributed by atoms with Gasteiger partial charge in [-0.3, -0.25) is 14.8 Å². The van der Waals surface area contributed by atoms with E-state index in [1.165, 1.54) is 43.5 Å². The van der Waals surface area contributed by atoms with Gasteiger partial charge in [-0.25, -0.2) is 0 Å². The number of guanidine groups is 1. The van der Waals surface area contributed by atoms with E-state index in [0.29, 0.717) is 18.0 Å². The Morgan fingerprint density at radius 1 is 1.10 bits per heavy atom. The van der Waals surface area contributed by atoms with Crippen molar-refractivity contribution in [1.29, 1.82) is 0 Å². The van der Waals surface area contributed by atoms with Gasteiger partial charge in [-0.05, 0) is 56.8 Å². The molecule has 0 aliphatic carbocycles. The lowest BCUT2D eigenvalue weighted by atomic mass is 10.0. The normalized spacial score (nSPS) is 23.8. The van der Waals surface area contributed by atoms with Crippen molar-refractivity contribution in [2.24, 2.45) is 10.9 Å². The highest BCUT2D eigenvalue weighted by molar-refractivity contribution is 14.0. The molecule has 0 amide bonds. The molecule has 29 heavy (non-hydrogen) atoms. The maximum absolute atomic E-state index is 4.48. The molecule has 2 heterocycles. The van der Waals surface area contributed by atoms with Crippen LogP contribution in [0.5, 0.6) is 0 Å². The lowest BCUT2D eigenvalue weighted by molar-refractivity contribution is 0.220. The molecule has 2 unspecified atom stereocenters. The first kappa shape index (κ1) is 24.4. The highest BCUT2D eigenvalue weighted by atomic mass is 127. The number of hydrogen-bond donors (Lipinski definition) is 2. The zero-order valence-electron chi connectivity index (χ0n) is 18.7. The van der Waals surface area contributed by atoms with Crippen LogP contribution in [-0.2, 0) is 13.1 Å². The maximum atomic E-state index is 4.48. The second-order valence-electron chi connectivity index (χ2n) is 8.81. The van der Waals surface area contributed by atoms with Crippen molar-refractivity contribution in [3.8, 4) is 0 Å². The molecular formula is C23H40IN5. The van der Waals surface area contributed by atoms with Crippen molar-refractivity contribution in [3.05, 3.63) is 35.4 Å². The standard InChI is InChI=1S/C23H39N5.HI/c1-18(2)28-15-19(3)22(17-28)26-23(24-4)25-14-20-10-6-7-11-21(20)16-27-12-8-5-9-13-27;/h6-7,10-11,18-19,22H,5,8-9,12-17H2,1-4H3,(H2,24,25,26);1H. The summed E-state index contributed by atoms with van der Waals surface area (Å²) in [5.41, 5.74) is 2.81. The van der Waals surface area contributed by atoms with Crippen molar-refractivity contribution >= 4 is 29.9 Å². The molecule has 2 aliphatic rings. The number of halogens is 1. The van der Waals surface area contributed by atoms with Crippen molar-refractivity contribution in [2.45, 2.75) is 65.2 Å². The number of hydrogen-bond acceptors (Lipinski definition) is 3. The third-order valence-electron chi connectivity index (χ3n) is 6.32. The van der Waals surface area contributed by atoms with Crippen molar-refractivity contribution in [1.82, 2.24) is 20.4 Å². The fourth-order valence-corrected chi connectivity index (χ4v) is 4.41. The van der Waals surface area contributed by atoms with E-state index in [9.17, 15) is 0 Å². The van der Waals surface area contributed by atoms with Gasteiger partial charge in [0.05, 0.1) is 0 Å². The highest BCUT2D eigenvalue weighted by Crippen LogP contribution is 2.19. The zero-order chi connectivity index (χ0) is 19.9. The van der Waals surface area contributed by atoms with E-state index in [2.05, 4.69) is 70.5 Å². The van der Waals surface area contributed by atoms with E-state index in [1.807, 2.05) is 7.05 Å². The second-order valence-corrected chi connectivity index (χ2v) is 8.81. The summed E-state index contributed by atoms with van der Waals surface area (Å²) in [6.07, 6.45) is 4.06. The Labute approximate surface area is 194 Å². The van der Waals surface area contributed by atoms with E-state index in [4.69, 9.17) is 0 Å². The largest absolute Gasteiger partial charge is 0.352 e. The molecule has 1 aromatic carbocycles. The summed E-state index contributed by atoms with van der Waals surface area (Å²) in [6.45, 7) is 13.5. The van der Waals surface area contributed by atoms with Gasteiger partial charge in [0, 0.05) is 45.3 Å². The van der Waals surface area contributed by atoms with Crippen LogP contribution in [0.4, 0.5) is 0 Å². The Hall–Kier alpha value is -0.860. The zero-order valence-corrected chi connectivity index (χ0v) is 21.0. The van der Waals surface area contributed by atoms with E-state index in [0.717, 1.165) is 32.1 Å². The van der Waals surface area contributed by atoms with Crippen LogP contribution in [0.3, 0.4) is 0 Å². The number of nitrogens with zero attached hydrogens (tertiary/aromatic N) is 3. The lowest BCUT2D eigenvalue weighted by Gasteiger charge is -2.27. The van der Waals surface area contributed by atoms with Crippen molar-refractivity contribution in [3.63, 3.8) is 0 Å². The molecule has 1 aromatic rings. The SMILES string of the molecule is CN=C(NCc1ccccc1CN1CCCCC1)NC1CN(C(C)C)CC1C.I. The smallest absolute Gasteiger partial charge is 0.191 e. The summed E-state index contributed by atoms with van der Waals surface area (Å²) in [5, 5.41) is 7.21. The molecule has 2 atom stereocenters. The first-order valence-corrected chi connectivity index (χ1v) is 11.1. The van der Waals surface area contributed by atoms with Crippen LogP contribution in [0.25, 0.3) is 0 Å². The summed E-state index contributed by atoms with van der Waals surface area (Å²) in [5.74, 6) is 1.54. The summed E-state index contributed by atoms with van der Waals surface area (Å²) in [7, 11) is 1.87. The third-order valence-corrected chi connectivity index (χ3v) is 6.32. The Bertz CT molecular complexity index is 642. The lowest BCUT2D eigenvalue weighted by Crippen LogP contribution is -2.46. The van der Waals surface area contributed by atoms with Crippen LogP contribution in [-0.4, -0.2) is 61.1 Å². The van der Waals surface area contributed by atoms with E-state index in [1.54, 1.807) is 0 Å². The Kier molecular flexibility index (Phi) is 10.2. The van der Waals surface area contributed by atoms with Gasteiger partial charge in [0.15, 0.2) is 5.96 Å². The molecule has 0 spiro atoms. The molecule has 5 nitrogen and oxygen atoms in total. The predicted octanol–water partition coefficient (Wildman–Crippen LogP) is 3.68. The van der Waals surface area contributed by atoms with Gasteiger partial charge in [-0.1, -0.05) is 37.6 Å². The Morgan fingerprint density at radius 3 is 2.41 bits per heavy atom. The van der Waals surface area contributed by atoms with Crippen LogP contribution < -0.4 is 10.6 Å². The van der Waals surface area contributed by atoms with Gasteiger partial charge in [0.2, 0.25) is 0 Å². The molecule has 0 saturated carbocycles. The average molecular weight is 514 g/mol. The van der Waals surface area contributed by atoms with Crippen LogP contribution in [0.2, 0.25) is 0 Å². The number of aliphatic imine (C=N–C) groups is 1. The minimum atomic E-state index is 0. The fraction of sp³-hybridized carbons (Fsp3) is 0.696. The van der Waals surface area contributed by atoms with Gasteiger partial charge in [-0.15, -0.1) is 24.0 Å². The van der Waals surface area contributed by atoms with E-state index >= 15 is 0 Å². The first-order chi connectivity index (χ1) is 13.6. The quantitative estimate of drug-likeness (QED) is 0.346. The monoisotopic (exact) mass is 513 g/mol.